The highest BCUT2D eigenvalue weighted by Crippen LogP contribution is 2.32. The molecule has 0 atom stereocenters. The van der Waals surface area contributed by atoms with Gasteiger partial charge in [-0.15, -0.1) is 0 Å². The van der Waals surface area contributed by atoms with Gasteiger partial charge in [0.15, 0.2) is 0 Å². The smallest absolute Gasteiger partial charge is 0.144 e. The fraction of sp³-hybridized carbons (Fsp3) is 0.333. The van der Waals surface area contributed by atoms with Crippen LogP contribution >= 0.6 is 0 Å². The van der Waals surface area contributed by atoms with Gasteiger partial charge in [-0.05, 0) is 38.1 Å². The SMILES string of the molecule is CC(C)Oc1cccc(N(C)Cc2ccco2)c1N. The largest absolute Gasteiger partial charge is 0.489 e. The Labute approximate surface area is 113 Å². The molecule has 1 aromatic carbocycles. The molecule has 0 bridgehead atoms. The third-order valence-corrected chi connectivity index (χ3v) is 2.79. The highest BCUT2D eigenvalue weighted by molar-refractivity contribution is 5.73. The van der Waals surface area contributed by atoms with Gasteiger partial charge in [-0.2, -0.15) is 0 Å². The van der Waals surface area contributed by atoms with Gasteiger partial charge in [0.25, 0.3) is 0 Å². The molecule has 0 aliphatic carbocycles. The van der Waals surface area contributed by atoms with Gasteiger partial charge in [-0.1, -0.05) is 6.07 Å². The quantitative estimate of drug-likeness (QED) is 0.838. The van der Waals surface area contributed by atoms with Gasteiger partial charge in [0, 0.05) is 7.05 Å². The minimum absolute atomic E-state index is 0.105. The minimum atomic E-state index is 0.105. The minimum Gasteiger partial charge on any atom is -0.489 e. The van der Waals surface area contributed by atoms with Gasteiger partial charge in [0.05, 0.1) is 30.3 Å². The Morgan fingerprint density at radius 2 is 2.05 bits per heavy atom. The van der Waals surface area contributed by atoms with E-state index in [4.69, 9.17) is 14.9 Å². The first-order valence-electron chi connectivity index (χ1n) is 6.36. The maximum atomic E-state index is 6.16. The Morgan fingerprint density at radius 1 is 1.26 bits per heavy atom. The number of para-hydroxylation sites is 1. The van der Waals surface area contributed by atoms with Crippen LogP contribution in [-0.2, 0) is 6.54 Å². The summed E-state index contributed by atoms with van der Waals surface area (Å²) < 4.78 is 11.0. The van der Waals surface area contributed by atoms with Crippen molar-refractivity contribution in [3.05, 3.63) is 42.4 Å². The van der Waals surface area contributed by atoms with E-state index in [-0.39, 0.29) is 6.10 Å². The number of ether oxygens (including phenoxy) is 1. The lowest BCUT2D eigenvalue weighted by Gasteiger charge is -2.22. The first-order valence-corrected chi connectivity index (χ1v) is 6.36. The van der Waals surface area contributed by atoms with Crippen LogP contribution in [0.3, 0.4) is 0 Å². The molecule has 2 rings (SSSR count). The summed E-state index contributed by atoms with van der Waals surface area (Å²) in [6.07, 6.45) is 1.78. The van der Waals surface area contributed by atoms with Crippen LogP contribution in [0.2, 0.25) is 0 Å². The average molecular weight is 260 g/mol. The predicted octanol–water partition coefficient (Wildman–Crippen LogP) is 3.29. The molecule has 0 fully saturated rings. The second kappa shape index (κ2) is 5.69. The standard InChI is InChI=1S/C15H20N2O2/c1-11(2)19-14-8-4-7-13(15(14)16)17(3)10-12-6-5-9-18-12/h4-9,11H,10,16H2,1-3H3. The van der Waals surface area contributed by atoms with Crippen molar-refractivity contribution in [2.45, 2.75) is 26.5 Å². The van der Waals surface area contributed by atoms with E-state index in [2.05, 4.69) is 0 Å². The molecule has 1 aromatic heterocycles. The Bertz CT molecular complexity index is 521. The molecule has 0 aliphatic rings. The van der Waals surface area contributed by atoms with Crippen LogP contribution in [0.1, 0.15) is 19.6 Å². The molecule has 2 aromatic rings. The molecule has 102 valence electrons. The molecule has 0 unspecified atom stereocenters. The number of furan rings is 1. The fourth-order valence-electron chi connectivity index (χ4n) is 1.94. The molecule has 0 radical (unpaired) electrons. The van der Waals surface area contributed by atoms with Gasteiger partial charge < -0.3 is 19.8 Å². The number of nitrogens with zero attached hydrogens (tertiary/aromatic N) is 1. The molecule has 0 amide bonds. The van der Waals surface area contributed by atoms with E-state index in [9.17, 15) is 0 Å². The monoisotopic (exact) mass is 260 g/mol. The number of nitrogens with two attached hydrogens (primary N) is 1. The summed E-state index contributed by atoms with van der Waals surface area (Å²) in [5, 5.41) is 0. The molecule has 0 saturated carbocycles. The van der Waals surface area contributed by atoms with Crippen LogP contribution < -0.4 is 15.4 Å². The van der Waals surface area contributed by atoms with Crippen molar-refractivity contribution in [2.75, 3.05) is 17.7 Å². The fourth-order valence-corrected chi connectivity index (χ4v) is 1.94. The highest BCUT2D eigenvalue weighted by Gasteiger charge is 2.12. The lowest BCUT2D eigenvalue weighted by molar-refractivity contribution is 0.244. The second-order valence-electron chi connectivity index (χ2n) is 4.79. The van der Waals surface area contributed by atoms with Gasteiger partial charge >= 0.3 is 0 Å². The average Bonchev–Trinajstić information content (AvgIpc) is 2.84. The normalized spacial score (nSPS) is 10.7. The zero-order valence-corrected chi connectivity index (χ0v) is 11.6. The van der Waals surface area contributed by atoms with Gasteiger partial charge in [-0.25, -0.2) is 0 Å². The Hall–Kier alpha value is -2.10. The van der Waals surface area contributed by atoms with Crippen LogP contribution in [-0.4, -0.2) is 13.2 Å². The maximum Gasteiger partial charge on any atom is 0.144 e. The van der Waals surface area contributed by atoms with E-state index >= 15 is 0 Å². The number of nitrogen functional groups attached to an aromatic ring is 1. The van der Waals surface area contributed by atoms with Crippen molar-refractivity contribution >= 4 is 11.4 Å². The molecule has 4 nitrogen and oxygen atoms in total. The van der Waals surface area contributed by atoms with Crippen LogP contribution in [0, 0.1) is 0 Å². The molecule has 2 N–H and O–H groups in total. The second-order valence-corrected chi connectivity index (χ2v) is 4.79. The van der Waals surface area contributed by atoms with Crippen LogP contribution in [0.25, 0.3) is 0 Å². The first-order chi connectivity index (χ1) is 9.08. The van der Waals surface area contributed by atoms with Crippen molar-refractivity contribution in [1.82, 2.24) is 0 Å². The van der Waals surface area contributed by atoms with Crippen molar-refractivity contribution in [3.8, 4) is 5.75 Å². The third-order valence-electron chi connectivity index (χ3n) is 2.79. The number of rotatable bonds is 5. The van der Waals surface area contributed by atoms with Gasteiger partial charge in [-0.3, -0.25) is 0 Å². The highest BCUT2D eigenvalue weighted by atomic mass is 16.5. The van der Waals surface area contributed by atoms with Crippen molar-refractivity contribution < 1.29 is 9.15 Å². The third kappa shape index (κ3) is 3.22. The number of benzene rings is 1. The molecular weight excluding hydrogens is 240 g/mol. The zero-order valence-electron chi connectivity index (χ0n) is 11.6. The van der Waals surface area contributed by atoms with Crippen molar-refractivity contribution in [3.63, 3.8) is 0 Å². The van der Waals surface area contributed by atoms with E-state index in [1.807, 2.05) is 56.1 Å². The van der Waals surface area contributed by atoms with E-state index in [1.165, 1.54) is 0 Å². The van der Waals surface area contributed by atoms with Crippen molar-refractivity contribution in [2.24, 2.45) is 0 Å². The lowest BCUT2D eigenvalue weighted by Crippen LogP contribution is -2.18. The molecule has 0 aliphatic heterocycles. The van der Waals surface area contributed by atoms with Crippen LogP contribution in [0.15, 0.2) is 41.0 Å². The molecule has 0 spiro atoms. The summed E-state index contributed by atoms with van der Waals surface area (Å²) in [4.78, 5) is 2.04. The topological polar surface area (TPSA) is 51.6 Å². The Kier molecular flexibility index (Phi) is 4.00. The number of anilines is 2. The summed E-state index contributed by atoms with van der Waals surface area (Å²) in [6.45, 7) is 4.64. The zero-order chi connectivity index (χ0) is 13.8. The van der Waals surface area contributed by atoms with Gasteiger partial charge in [0.2, 0.25) is 0 Å². The lowest BCUT2D eigenvalue weighted by atomic mass is 10.2. The summed E-state index contributed by atoms with van der Waals surface area (Å²) in [5.74, 6) is 1.62. The molecule has 4 heteroatoms. The number of hydrogen-bond donors (Lipinski definition) is 1. The molecule has 1 heterocycles. The molecule has 0 saturated heterocycles. The summed E-state index contributed by atoms with van der Waals surface area (Å²) in [7, 11) is 1.98. The van der Waals surface area contributed by atoms with E-state index in [0.717, 1.165) is 17.2 Å². The summed E-state index contributed by atoms with van der Waals surface area (Å²) in [5.41, 5.74) is 7.76. The summed E-state index contributed by atoms with van der Waals surface area (Å²) >= 11 is 0. The van der Waals surface area contributed by atoms with E-state index < -0.39 is 0 Å². The maximum absolute atomic E-state index is 6.16. The van der Waals surface area contributed by atoms with E-state index in [0.29, 0.717) is 12.2 Å². The Balaban J connectivity index is 2.19. The number of hydrogen-bond acceptors (Lipinski definition) is 4. The summed E-state index contributed by atoms with van der Waals surface area (Å²) in [6, 6.07) is 9.64. The predicted molar refractivity (Wildman–Crippen MR) is 77.4 cm³/mol. The van der Waals surface area contributed by atoms with Crippen LogP contribution in [0.5, 0.6) is 5.75 Å². The van der Waals surface area contributed by atoms with Crippen molar-refractivity contribution in [1.29, 1.82) is 0 Å². The first kappa shape index (κ1) is 13.3. The van der Waals surface area contributed by atoms with Gasteiger partial charge in [0.1, 0.15) is 11.5 Å². The molecular formula is C15H20N2O2. The Morgan fingerprint density at radius 3 is 2.68 bits per heavy atom. The molecule has 19 heavy (non-hydrogen) atoms. The van der Waals surface area contributed by atoms with Crippen LogP contribution in [0.4, 0.5) is 11.4 Å². The van der Waals surface area contributed by atoms with E-state index in [1.54, 1.807) is 6.26 Å².